The molecule has 0 spiro atoms. The van der Waals surface area contributed by atoms with Crippen molar-refractivity contribution >= 4 is 15.8 Å². The number of esters is 1. The van der Waals surface area contributed by atoms with Crippen molar-refractivity contribution in [2.45, 2.75) is 43.2 Å². The molecule has 1 atom stereocenters. The summed E-state index contributed by atoms with van der Waals surface area (Å²) in [5.74, 6) is 0.137. The molecule has 0 aromatic carbocycles. The Kier molecular flexibility index (Phi) is 4.47. The molecule has 1 aliphatic carbocycles. The number of aromatic nitrogens is 2. The van der Waals surface area contributed by atoms with Crippen LogP contribution in [0.2, 0.25) is 0 Å². The fourth-order valence-corrected chi connectivity index (χ4v) is 3.27. The van der Waals surface area contributed by atoms with Crippen molar-refractivity contribution in [2.75, 3.05) is 13.4 Å². The summed E-state index contributed by atoms with van der Waals surface area (Å²) in [7, 11) is -2.01. The number of carbonyl (C=O) groups excluding carboxylic acids is 1. The Morgan fingerprint density at radius 2 is 2.15 bits per heavy atom. The Balaban J connectivity index is 2.21. The van der Waals surface area contributed by atoms with Gasteiger partial charge in [0.25, 0.3) is 0 Å². The van der Waals surface area contributed by atoms with Crippen molar-refractivity contribution in [3.05, 3.63) is 12.5 Å². The van der Waals surface area contributed by atoms with Gasteiger partial charge in [-0.3, -0.25) is 0 Å². The molecule has 6 nitrogen and oxygen atoms in total. The maximum Gasteiger partial charge on any atom is 0.328 e. The smallest absolute Gasteiger partial charge is 0.328 e. The van der Waals surface area contributed by atoms with Crippen LogP contribution in [-0.2, 0) is 19.4 Å². The highest BCUT2D eigenvalue weighted by molar-refractivity contribution is 7.90. The van der Waals surface area contributed by atoms with Gasteiger partial charge in [0, 0.05) is 12.5 Å². The van der Waals surface area contributed by atoms with Crippen molar-refractivity contribution in [1.29, 1.82) is 0 Å². The Bertz CT molecular complexity index is 573. The van der Waals surface area contributed by atoms with Gasteiger partial charge in [-0.05, 0) is 12.3 Å². The van der Waals surface area contributed by atoms with E-state index in [-0.39, 0.29) is 11.0 Å². The molecule has 1 aromatic heterocycles. The Labute approximate surface area is 119 Å². The number of carbonyl (C=O) groups is 1. The van der Waals surface area contributed by atoms with Gasteiger partial charge in [-0.15, -0.1) is 0 Å². The number of imidazole rings is 1. The molecule has 0 N–H and O–H groups in total. The molecule has 20 heavy (non-hydrogen) atoms. The van der Waals surface area contributed by atoms with Crippen LogP contribution in [0.5, 0.6) is 0 Å². The van der Waals surface area contributed by atoms with E-state index < -0.39 is 15.9 Å². The maximum absolute atomic E-state index is 11.9. The van der Waals surface area contributed by atoms with Crippen molar-refractivity contribution in [3.8, 4) is 0 Å². The number of ether oxygens (including phenoxy) is 1. The predicted octanol–water partition coefficient (Wildman–Crippen LogP) is 1.58. The van der Waals surface area contributed by atoms with Gasteiger partial charge in [-0.2, -0.15) is 0 Å². The number of methoxy groups -OCH3 is 1. The van der Waals surface area contributed by atoms with E-state index in [1.807, 2.05) is 0 Å². The molecule has 112 valence electrons. The fourth-order valence-electron chi connectivity index (χ4n) is 2.72. The highest BCUT2D eigenvalue weighted by atomic mass is 32.2. The fraction of sp³-hybridized carbons (Fsp3) is 0.692. The third-order valence-electron chi connectivity index (χ3n) is 3.82. The van der Waals surface area contributed by atoms with Crippen LogP contribution in [0.4, 0.5) is 0 Å². The molecule has 0 unspecified atom stereocenters. The lowest BCUT2D eigenvalue weighted by Crippen LogP contribution is -2.22. The summed E-state index contributed by atoms with van der Waals surface area (Å²) in [5, 5.41) is -0.0159. The average Bonchev–Trinajstić information content (AvgIpc) is 3.05. The van der Waals surface area contributed by atoms with Crippen molar-refractivity contribution in [3.63, 3.8) is 0 Å². The van der Waals surface area contributed by atoms with Gasteiger partial charge in [0.2, 0.25) is 0 Å². The first-order valence-corrected chi connectivity index (χ1v) is 8.62. The van der Waals surface area contributed by atoms with Crippen LogP contribution in [0.3, 0.4) is 0 Å². The second-order valence-corrected chi connectivity index (χ2v) is 7.32. The second-order valence-electron chi connectivity index (χ2n) is 5.36. The van der Waals surface area contributed by atoms with Crippen LogP contribution in [0.1, 0.15) is 38.1 Å². The van der Waals surface area contributed by atoms with E-state index in [2.05, 4.69) is 4.98 Å². The number of hydrogen-bond donors (Lipinski definition) is 0. The monoisotopic (exact) mass is 300 g/mol. The average molecular weight is 300 g/mol. The van der Waals surface area contributed by atoms with E-state index >= 15 is 0 Å². The van der Waals surface area contributed by atoms with Crippen LogP contribution in [0.25, 0.3) is 0 Å². The molecule has 0 saturated heterocycles. The minimum absolute atomic E-state index is 0.0159. The minimum Gasteiger partial charge on any atom is -0.467 e. The molecule has 0 amide bonds. The zero-order valence-electron chi connectivity index (χ0n) is 11.8. The number of hydrogen-bond acceptors (Lipinski definition) is 5. The largest absolute Gasteiger partial charge is 0.467 e. The molecule has 1 saturated carbocycles. The van der Waals surface area contributed by atoms with Gasteiger partial charge < -0.3 is 9.30 Å². The topological polar surface area (TPSA) is 78.3 Å². The van der Waals surface area contributed by atoms with E-state index in [0.29, 0.717) is 12.3 Å². The number of nitrogens with zero attached hydrogens (tertiary/aromatic N) is 2. The minimum atomic E-state index is -3.36. The molecule has 1 aromatic rings. The molecular formula is C13H20N2O4S. The van der Waals surface area contributed by atoms with E-state index in [1.165, 1.54) is 32.5 Å². The van der Waals surface area contributed by atoms with Crippen LogP contribution in [-0.4, -0.2) is 37.3 Å². The molecule has 2 rings (SSSR count). The molecule has 1 fully saturated rings. The summed E-state index contributed by atoms with van der Waals surface area (Å²) < 4.78 is 29.3. The van der Waals surface area contributed by atoms with Crippen LogP contribution >= 0.6 is 0 Å². The third kappa shape index (κ3) is 3.39. The molecule has 0 radical (unpaired) electrons. The Morgan fingerprint density at radius 3 is 2.65 bits per heavy atom. The van der Waals surface area contributed by atoms with Crippen molar-refractivity contribution in [2.24, 2.45) is 5.92 Å². The van der Waals surface area contributed by atoms with Crippen LogP contribution in [0, 0.1) is 5.92 Å². The van der Waals surface area contributed by atoms with Crippen molar-refractivity contribution < 1.29 is 17.9 Å². The van der Waals surface area contributed by atoms with Gasteiger partial charge in [-0.25, -0.2) is 18.2 Å². The zero-order chi connectivity index (χ0) is 14.8. The SMILES string of the molecule is COC(=O)[C@H](CC1CCCC1)n1cnc(S(C)(=O)=O)c1. The van der Waals surface area contributed by atoms with Gasteiger partial charge in [0.05, 0.1) is 13.4 Å². The summed E-state index contributed by atoms with van der Waals surface area (Å²) in [6.45, 7) is 0. The Morgan fingerprint density at radius 1 is 1.50 bits per heavy atom. The van der Waals surface area contributed by atoms with Gasteiger partial charge in [-0.1, -0.05) is 25.7 Å². The van der Waals surface area contributed by atoms with Crippen LogP contribution in [0.15, 0.2) is 17.6 Å². The maximum atomic E-state index is 11.9. The van der Waals surface area contributed by atoms with Crippen LogP contribution < -0.4 is 0 Å². The lowest BCUT2D eigenvalue weighted by molar-refractivity contribution is -0.145. The summed E-state index contributed by atoms with van der Waals surface area (Å²) >= 11 is 0. The number of sulfone groups is 1. The van der Waals surface area contributed by atoms with E-state index in [9.17, 15) is 13.2 Å². The summed E-state index contributed by atoms with van der Waals surface area (Å²) in [4.78, 5) is 15.8. The molecule has 0 aliphatic heterocycles. The zero-order valence-corrected chi connectivity index (χ0v) is 12.6. The predicted molar refractivity (Wildman–Crippen MR) is 73.0 cm³/mol. The van der Waals surface area contributed by atoms with Gasteiger partial charge >= 0.3 is 5.97 Å². The first kappa shape index (κ1) is 15.0. The standard InChI is InChI=1S/C13H20N2O4S/c1-19-13(16)11(7-10-5-3-4-6-10)15-8-12(14-9-15)20(2,17)18/h8-11H,3-7H2,1-2H3/t11-/m0/s1. The summed E-state index contributed by atoms with van der Waals surface area (Å²) in [6.07, 6.45) is 9.19. The summed E-state index contributed by atoms with van der Waals surface area (Å²) in [6, 6.07) is -0.494. The molecule has 7 heteroatoms. The van der Waals surface area contributed by atoms with E-state index in [0.717, 1.165) is 19.1 Å². The van der Waals surface area contributed by atoms with Gasteiger partial charge in [0.15, 0.2) is 14.9 Å². The molecular weight excluding hydrogens is 280 g/mol. The van der Waals surface area contributed by atoms with Gasteiger partial charge in [0.1, 0.15) is 6.04 Å². The molecule has 1 aliphatic rings. The number of rotatable bonds is 5. The lowest BCUT2D eigenvalue weighted by atomic mass is 9.98. The lowest BCUT2D eigenvalue weighted by Gasteiger charge is -2.19. The highest BCUT2D eigenvalue weighted by Crippen LogP contribution is 2.32. The van der Waals surface area contributed by atoms with Crippen molar-refractivity contribution in [1.82, 2.24) is 9.55 Å². The Hall–Kier alpha value is -1.37. The molecule has 0 bridgehead atoms. The summed E-state index contributed by atoms with van der Waals surface area (Å²) in [5.41, 5.74) is 0. The highest BCUT2D eigenvalue weighted by Gasteiger charge is 2.28. The quantitative estimate of drug-likeness (QED) is 0.771. The normalized spacial score (nSPS) is 18.1. The first-order chi connectivity index (χ1) is 9.41. The second kappa shape index (κ2) is 5.95. The molecule has 1 heterocycles. The first-order valence-electron chi connectivity index (χ1n) is 6.73. The third-order valence-corrected chi connectivity index (χ3v) is 4.79. The van der Waals surface area contributed by atoms with E-state index in [1.54, 1.807) is 4.57 Å². The van der Waals surface area contributed by atoms with E-state index in [4.69, 9.17) is 4.74 Å².